The number of carbonyl (C=O) groups is 2. The summed E-state index contributed by atoms with van der Waals surface area (Å²) in [5.74, 6) is -0.936. The Morgan fingerprint density at radius 2 is 2.18 bits per heavy atom. The third-order valence-corrected chi connectivity index (χ3v) is 4.64. The van der Waals surface area contributed by atoms with Crippen molar-refractivity contribution in [2.24, 2.45) is 0 Å². The predicted octanol–water partition coefficient (Wildman–Crippen LogP) is 3.44. The molecular formula is C17H12ClN3O6S. The van der Waals surface area contributed by atoms with Crippen LogP contribution in [0.25, 0.3) is 10.8 Å². The lowest BCUT2D eigenvalue weighted by Gasteiger charge is -2.06. The van der Waals surface area contributed by atoms with Gasteiger partial charge in [0.1, 0.15) is 30.1 Å². The van der Waals surface area contributed by atoms with Crippen LogP contribution < -0.4 is 5.32 Å². The molecule has 0 saturated carbocycles. The number of ether oxygens (including phenoxy) is 1. The van der Waals surface area contributed by atoms with Crippen molar-refractivity contribution in [1.29, 1.82) is 0 Å². The quantitative estimate of drug-likeness (QED) is 0.352. The second-order valence-electron chi connectivity index (χ2n) is 5.39. The first-order valence-corrected chi connectivity index (χ1v) is 9.06. The molecule has 0 fully saturated rings. The van der Waals surface area contributed by atoms with Crippen molar-refractivity contribution < 1.29 is 23.7 Å². The zero-order chi connectivity index (χ0) is 20.1. The number of amides is 1. The van der Waals surface area contributed by atoms with Gasteiger partial charge in [-0.25, -0.2) is 4.98 Å². The minimum absolute atomic E-state index is 0.000917. The number of benzene rings is 1. The Kier molecular flexibility index (Phi) is 6.02. The largest absolute Gasteiger partial charge is 0.458 e. The SMILES string of the molecule is O=C(CNC(=O)c1ccc(Cl)c([N+](=O)[O-])c1)OCc1coc(-c2cccs2)n1. The number of rotatable bonds is 7. The first kappa shape index (κ1) is 19.5. The molecule has 3 rings (SSSR count). The van der Waals surface area contributed by atoms with Gasteiger partial charge in [-0.1, -0.05) is 17.7 Å². The van der Waals surface area contributed by atoms with E-state index in [1.54, 1.807) is 0 Å². The first-order chi connectivity index (χ1) is 13.4. The van der Waals surface area contributed by atoms with Gasteiger partial charge >= 0.3 is 5.97 Å². The average molecular weight is 422 g/mol. The summed E-state index contributed by atoms with van der Waals surface area (Å²) in [5, 5.41) is 15.0. The van der Waals surface area contributed by atoms with Crippen LogP contribution in [0.1, 0.15) is 16.1 Å². The van der Waals surface area contributed by atoms with Gasteiger partial charge in [0.15, 0.2) is 0 Å². The third-order valence-electron chi connectivity index (χ3n) is 3.46. The Morgan fingerprint density at radius 1 is 1.36 bits per heavy atom. The Balaban J connectivity index is 1.50. The lowest BCUT2D eigenvalue weighted by atomic mass is 10.2. The number of nitrogens with one attached hydrogen (secondary N) is 1. The van der Waals surface area contributed by atoms with E-state index in [1.807, 2.05) is 17.5 Å². The Hall–Kier alpha value is -3.24. The monoisotopic (exact) mass is 421 g/mol. The average Bonchev–Trinajstić information content (AvgIpc) is 3.36. The van der Waals surface area contributed by atoms with Crippen LogP contribution in [0.3, 0.4) is 0 Å². The summed E-state index contributed by atoms with van der Waals surface area (Å²) >= 11 is 7.16. The van der Waals surface area contributed by atoms with Gasteiger partial charge in [0, 0.05) is 11.6 Å². The van der Waals surface area contributed by atoms with E-state index in [0.29, 0.717) is 11.6 Å². The van der Waals surface area contributed by atoms with E-state index in [2.05, 4.69) is 10.3 Å². The molecule has 1 aromatic carbocycles. The maximum atomic E-state index is 12.0. The number of thiophene rings is 1. The Bertz CT molecular complexity index is 1020. The zero-order valence-corrected chi connectivity index (χ0v) is 15.7. The smallest absolute Gasteiger partial charge is 0.325 e. The van der Waals surface area contributed by atoms with E-state index in [4.69, 9.17) is 20.8 Å². The van der Waals surface area contributed by atoms with E-state index in [-0.39, 0.29) is 17.2 Å². The van der Waals surface area contributed by atoms with Crippen LogP contribution in [0.4, 0.5) is 5.69 Å². The molecule has 11 heteroatoms. The molecule has 0 radical (unpaired) electrons. The van der Waals surface area contributed by atoms with E-state index < -0.39 is 29.0 Å². The highest BCUT2D eigenvalue weighted by Crippen LogP contribution is 2.25. The summed E-state index contributed by atoms with van der Waals surface area (Å²) in [6, 6.07) is 7.30. The fourth-order valence-corrected chi connectivity index (χ4v) is 2.98. The minimum Gasteiger partial charge on any atom is -0.458 e. The second-order valence-corrected chi connectivity index (χ2v) is 6.74. The lowest BCUT2D eigenvalue weighted by Crippen LogP contribution is -2.30. The fraction of sp³-hybridized carbons (Fsp3) is 0.118. The van der Waals surface area contributed by atoms with Gasteiger partial charge in [-0.3, -0.25) is 19.7 Å². The molecule has 1 N–H and O–H groups in total. The molecule has 9 nitrogen and oxygen atoms in total. The molecule has 0 aliphatic rings. The maximum absolute atomic E-state index is 12.0. The maximum Gasteiger partial charge on any atom is 0.325 e. The number of oxazole rings is 1. The highest BCUT2D eigenvalue weighted by Gasteiger charge is 2.17. The summed E-state index contributed by atoms with van der Waals surface area (Å²) in [6.45, 7) is -0.527. The van der Waals surface area contributed by atoms with Crippen LogP contribution in [0, 0.1) is 10.1 Å². The van der Waals surface area contributed by atoms with Crippen LogP contribution in [0.5, 0.6) is 0 Å². The zero-order valence-electron chi connectivity index (χ0n) is 14.1. The first-order valence-electron chi connectivity index (χ1n) is 7.80. The van der Waals surface area contributed by atoms with E-state index in [0.717, 1.165) is 10.9 Å². The molecule has 2 heterocycles. The molecule has 0 bridgehead atoms. The van der Waals surface area contributed by atoms with E-state index in [9.17, 15) is 19.7 Å². The van der Waals surface area contributed by atoms with Crippen LogP contribution in [-0.2, 0) is 16.1 Å². The van der Waals surface area contributed by atoms with Crippen molar-refractivity contribution in [2.75, 3.05) is 6.54 Å². The number of nitro groups is 1. The van der Waals surface area contributed by atoms with Gasteiger partial charge in [0.25, 0.3) is 11.6 Å². The van der Waals surface area contributed by atoms with Gasteiger partial charge in [0.2, 0.25) is 5.89 Å². The van der Waals surface area contributed by atoms with E-state index in [1.165, 1.54) is 29.7 Å². The molecule has 3 aromatic rings. The molecule has 1 amide bonds. The van der Waals surface area contributed by atoms with Crippen LogP contribution in [0.2, 0.25) is 5.02 Å². The van der Waals surface area contributed by atoms with Crippen molar-refractivity contribution in [2.45, 2.75) is 6.61 Å². The number of nitrogens with zero attached hydrogens (tertiary/aromatic N) is 2. The Morgan fingerprint density at radius 3 is 2.89 bits per heavy atom. The number of nitro benzene ring substituents is 1. The summed E-state index contributed by atoms with van der Waals surface area (Å²) in [4.78, 5) is 39.0. The number of esters is 1. The number of hydrogen-bond acceptors (Lipinski definition) is 8. The third kappa shape index (κ3) is 4.72. The molecule has 0 aliphatic carbocycles. The molecule has 0 atom stereocenters. The van der Waals surface area contributed by atoms with Gasteiger partial charge < -0.3 is 14.5 Å². The molecule has 0 saturated heterocycles. The van der Waals surface area contributed by atoms with Crippen molar-refractivity contribution in [3.8, 4) is 10.8 Å². The van der Waals surface area contributed by atoms with Crippen LogP contribution >= 0.6 is 22.9 Å². The van der Waals surface area contributed by atoms with Crippen LogP contribution in [0.15, 0.2) is 46.4 Å². The van der Waals surface area contributed by atoms with Crippen molar-refractivity contribution >= 4 is 40.5 Å². The summed E-state index contributed by atoms with van der Waals surface area (Å²) in [7, 11) is 0. The highest BCUT2D eigenvalue weighted by atomic mass is 35.5. The molecule has 0 aliphatic heterocycles. The van der Waals surface area contributed by atoms with Gasteiger partial charge in [0.05, 0.1) is 9.80 Å². The molecule has 0 unspecified atom stereocenters. The summed E-state index contributed by atoms with van der Waals surface area (Å²) in [6.07, 6.45) is 1.38. The topological polar surface area (TPSA) is 125 Å². The highest BCUT2D eigenvalue weighted by molar-refractivity contribution is 7.13. The van der Waals surface area contributed by atoms with Crippen molar-refractivity contribution in [3.63, 3.8) is 0 Å². The number of aromatic nitrogens is 1. The Labute approximate surface area is 167 Å². The van der Waals surface area contributed by atoms with E-state index >= 15 is 0 Å². The standard InChI is InChI=1S/C17H12ClN3O6S/c18-12-4-3-10(6-13(12)21(24)25)16(23)19-7-15(22)26-8-11-9-27-17(20-11)14-2-1-5-28-14/h1-6,9H,7-8H2,(H,19,23). The molecule has 144 valence electrons. The van der Waals surface area contributed by atoms with Gasteiger partial charge in [-0.15, -0.1) is 11.3 Å². The van der Waals surface area contributed by atoms with Crippen molar-refractivity contribution in [3.05, 3.63) is 68.4 Å². The molecule has 2 aromatic heterocycles. The van der Waals surface area contributed by atoms with Crippen LogP contribution in [-0.4, -0.2) is 28.3 Å². The summed E-state index contributed by atoms with van der Waals surface area (Å²) < 4.78 is 10.3. The lowest BCUT2D eigenvalue weighted by molar-refractivity contribution is -0.384. The minimum atomic E-state index is -0.699. The number of halogens is 1. The summed E-state index contributed by atoms with van der Waals surface area (Å²) in [5.41, 5.74) is 0.0295. The van der Waals surface area contributed by atoms with Gasteiger partial charge in [-0.2, -0.15) is 0 Å². The molecule has 28 heavy (non-hydrogen) atoms. The molecule has 0 spiro atoms. The second kappa shape index (κ2) is 8.63. The van der Waals surface area contributed by atoms with Crippen molar-refractivity contribution in [1.82, 2.24) is 10.3 Å². The number of hydrogen-bond donors (Lipinski definition) is 1. The number of carbonyl (C=O) groups excluding carboxylic acids is 2. The normalized spacial score (nSPS) is 10.5. The predicted molar refractivity (Wildman–Crippen MR) is 100 cm³/mol. The molecular weight excluding hydrogens is 410 g/mol. The van der Waals surface area contributed by atoms with Gasteiger partial charge in [-0.05, 0) is 23.6 Å². The fourth-order valence-electron chi connectivity index (χ4n) is 2.14.